The number of carboxylic acid groups (broad SMARTS) is 1. The number of unbranched alkanes of at least 4 members (excludes halogenated alkanes) is 1. The maximum Gasteiger partial charge on any atom is 0.340 e. The van der Waals surface area contributed by atoms with Crippen LogP contribution in [0.25, 0.3) is 0 Å². The van der Waals surface area contributed by atoms with E-state index in [1.807, 2.05) is 6.08 Å². The Morgan fingerprint density at radius 2 is 2.31 bits per heavy atom. The Hall–Kier alpha value is -1.29. The molecule has 0 aromatic heterocycles. The molecule has 0 fully saturated rings. The maximum absolute atomic E-state index is 11.0. The summed E-state index contributed by atoms with van der Waals surface area (Å²) in [5, 5.41) is 9.02. The molecule has 86 valence electrons. The van der Waals surface area contributed by atoms with Gasteiger partial charge in [-0.05, 0) is 40.9 Å². The molecule has 0 radical (unpaired) electrons. The average Bonchev–Trinajstić information content (AvgIpc) is 2.24. The van der Waals surface area contributed by atoms with Crippen LogP contribution in [0.5, 0.6) is 5.75 Å². The standard InChI is InChI=1S/C12H13BrO3/c1-2-3-4-8-16-10-7-5-6-9(13)11(10)12(14)15/h2,5-7H,1,3-4,8H2,(H,14,15). The Balaban J connectivity index is 2.75. The summed E-state index contributed by atoms with van der Waals surface area (Å²) in [5.74, 6) is -0.600. The second-order valence-electron chi connectivity index (χ2n) is 3.20. The third-order valence-electron chi connectivity index (χ3n) is 2.00. The van der Waals surface area contributed by atoms with E-state index < -0.39 is 5.97 Å². The summed E-state index contributed by atoms with van der Waals surface area (Å²) in [6.07, 6.45) is 3.49. The van der Waals surface area contributed by atoms with Crippen LogP contribution >= 0.6 is 15.9 Å². The fourth-order valence-corrected chi connectivity index (χ4v) is 1.76. The van der Waals surface area contributed by atoms with E-state index in [1.54, 1.807) is 18.2 Å². The molecule has 0 saturated heterocycles. The van der Waals surface area contributed by atoms with Crippen molar-refractivity contribution in [1.82, 2.24) is 0 Å². The molecule has 1 N–H and O–H groups in total. The largest absolute Gasteiger partial charge is 0.493 e. The van der Waals surface area contributed by atoms with Crippen molar-refractivity contribution >= 4 is 21.9 Å². The van der Waals surface area contributed by atoms with Crippen molar-refractivity contribution in [2.75, 3.05) is 6.61 Å². The third-order valence-corrected chi connectivity index (χ3v) is 2.66. The second kappa shape index (κ2) is 6.33. The van der Waals surface area contributed by atoms with Gasteiger partial charge in [0.1, 0.15) is 11.3 Å². The van der Waals surface area contributed by atoms with Crippen LogP contribution in [0.1, 0.15) is 23.2 Å². The van der Waals surface area contributed by atoms with Gasteiger partial charge in [0.05, 0.1) is 6.61 Å². The Kier molecular flexibility index (Phi) is 5.05. The molecule has 0 unspecified atom stereocenters. The van der Waals surface area contributed by atoms with Gasteiger partial charge in [-0.25, -0.2) is 4.79 Å². The SMILES string of the molecule is C=CCCCOc1cccc(Br)c1C(=O)O. The van der Waals surface area contributed by atoms with E-state index >= 15 is 0 Å². The molecule has 0 spiro atoms. The minimum absolute atomic E-state index is 0.168. The lowest BCUT2D eigenvalue weighted by atomic mass is 10.2. The molecule has 0 aliphatic carbocycles. The summed E-state index contributed by atoms with van der Waals surface area (Å²) < 4.78 is 5.95. The number of rotatable bonds is 6. The highest BCUT2D eigenvalue weighted by atomic mass is 79.9. The van der Waals surface area contributed by atoms with Crippen LogP contribution in [-0.4, -0.2) is 17.7 Å². The van der Waals surface area contributed by atoms with Crippen molar-refractivity contribution < 1.29 is 14.6 Å². The molecule has 0 atom stereocenters. The van der Waals surface area contributed by atoms with E-state index in [1.165, 1.54) is 0 Å². The molecule has 3 nitrogen and oxygen atoms in total. The summed E-state index contributed by atoms with van der Waals surface area (Å²) >= 11 is 3.19. The van der Waals surface area contributed by atoms with E-state index in [2.05, 4.69) is 22.5 Å². The molecule has 16 heavy (non-hydrogen) atoms. The number of benzene rings is 1. The summed E-state index contributed by atoms with van der Waals surface area (Å²) in [5.41, 5.74) is 0.168. The summed E-state index contributed by atoms with van der Waals surface area (Å²) in [7, 11) is 0. The van der Waals surface area contributed by atoms with Crippen LogP contribution in [0, 0.1) is 0 Å². The Morgan fingerprint density at radius 3 is 2.94 bits per heavy atom. The molecule has 1 aromatic rings. The zero-order chi connectivity index (χ0) is 12.0. The van der Waals surface area contributed by atoms with Crippen molar-refractivity contribution in [3.63, 3.8) is 0 Å². The van der Waals surface area contributed by atoms with Gasteiger partial charge in [0.2, 0.25) is 0 Å². The molecule has 1 aromatic carbocycles. The molecular weight excluding hydrogens is 272 g/mol. The molecule has 0 aliphatic heterocycles. The number of carboxylic acids is 1. The van der Waals surface area contributed by atoms with Gasteiger partial charge in [0.15, 0.2) is 0 Å². The second-order valence-corrected chi connectivity index (χ2v) is 4.05. The van der Waals surface area contributed by atoms with Crippen molar-refractivity contribution in [3.8, 4) is 5.75 Å². The lowest BCUT2D eigenvalue weighted by Crippen LogP contribution is -2.05. The number of ether oxygens (including phenoxy) is 1. The quantitative estimate of drug-likeness (QED) is 0.643. The van der Waals surface area contributed by atoms with Crippen molar-refractivity contribution in [3.05, 3.63) is 40.9 Å². The molecule has 0 saturated carbocycles. The van der Waals surface area contributed by atoms with E-state index in [4.69, 9.17) is 9.84 Å². The number of hydrogen-bond acceptors (Lipinski definition) is 2. The fourth-order valence-electron chi connectivity index (χ4n) is 1.24. The number of hydrogen-bond donors (Lipinski definition) is 1. The zero-order valence-electron chi connectivity index (χ0n) is 8.78. The first-order valence-corrected chi connectivity index (χ1v) is 5.71. The highest BCUT2D eigenvalue weighted by Gasteiger charge is 2.14. The van der Waals surface area contributed by atoms with Gasteiger partial charge < -0.3 is 9.84 Å². The zero-order valence-corrected chi connectivity index (χ0v) is 10.4. The first kappa shape index (κ1) is 12.8. The van der Waals surface area contributed by atoms with Crippen LogP contribution in [0.15, 0.2) is 35.3 Å². The Morgan fingerprint density at radius 1 is 1.56 bits per heavy atom. The van der Waals surface area contributed by atoms with Crippen LogP contribution in [-0.2, 0) is 0 Å². The van der Waals surface area contributed by atoms with E-state index in [-0.39, 0.29) is 5.56 Å². The number of allylic oxidation sites excluding steroid dienone is 1. The third kappa shape index (κ3) is 3.38. The minimum atomic E-state index is -0.994. The average molecular weight is 285 g/mol. The van der Waals surface area contributed by atoms with Crippen LogP contribution < -0.4 is 4.74 Å². The monoisotopic (exact) mass is 284 g/mol. The molecular formula is C12H13BrO3. The Bertz CT molecular complexity index is 388. The van der Waals surface area contributed by atoms with Gasteiger partial charge >= 0.3 is 5.97 Å². The maximum atomic E-state index is 11.0. The van der Waals surface area contributed by atoms with Gasteiger partial charge in [-0.3, -0.25) is 0 Å². The normalized spacial score (nSPS) is 9.81. The predicted octanol–water partition coefficient (Wildman–Crippen LogP) is 3.49. The summed E-state index contributed by atoms with van der Waals surface area (Å²) in [6, 6.07) is 5.08. The number of halogens is 1. The van der Waals surface area contributed by atoms with Crippen molar-refractivity contribution in [2.45, 2.75) is 12.8 Å². The summed E-state index contributed by atoms with van der Waals surface area (Å²) in [6.45, 7) is 4.10. The highest BCUT2D eigenvalue weighted by Crippen LogP contribution is 2.26. The van der Waals surface area contributed by atoms with Gasteiger partial charge in [-0.2, -0.15) is 0 Å². The van der Waals surface area contributed by atoms with Gasteiger partial charge in [0, 0.05) is 4.47 Å². The predicted molar refractivity (Wildman–Crippen MR) is 66.0 cm³/mol. The lowest BCUT2D eigenvalue weighted by Gasteiger charge is -2.09. The molecule has 0 bridgehead atoms. The van der Waals surface area contributed by atoms with Gasteiger partial charge in [-0.15, -0.1) is 6.58 Å². The smallest absolute Gasteiger partial charge is 0.340 e. The molecule has 0 aliphatic rings. The molecule has 1 rings (SSSR count). The topological polar surface area (TPSA) is 46.5 Å². The Labute approximate surface area is 103 Å². The first-order valence-electron chi connectivity index (χ1n) is 4.92. The van der Waals surface area contributed by atoms with Crippen LogP contribution in [0.3, 0.4) is 0 Å². The minimum Gasteiger partial charge on any atom is -0.493 e. The van der Waals surface area contributed by atoms with Gasteiger partial charge in [-0.1, -0.05) is 12.1 Å². The molecule has 4 heteroatoms. The van der Waals surface area contributed by atoms with E-state index in [9.17, 15) is 4.79 Å². The van der Waals surface area contributed by atoms with E-state index in [0.29, 0.717) is 16.8 Å². The number of carbonyl (C=O) groups is 1. The molecule has 0 heterocycles. The fraction of sp³-hybridized carbons (Fsp3) is 0.250. The first-order chi connectivity index (χ1) is 7.66. The van der Waals surface area contributed by atoms with Gasteiger partial charge in [0.25, 0.3) is 0 Å². The number of aromatic carboxylic acids is 1. The molecule has 0 amide bonds. The van der Waals surface area contributed by atoms with Crippen molar-refractivity contribution in [1.29, 1.82) is 0 Å². The van der Waals surface area contributed by atoms with Crippen LogP contribution in [0.4, 0.5) is 0 Å². The van der Waals surface area contributed by atoms with Crippen LogP contribution in [0.2, 0.25) is 0 Å². The van der Waals surface area contributed by atoms with E-state index in [0.717, 1.165) is 12.8 Å². The lowest BCUT2D eigenvalue weighted by molar-refractivity contribution is 0.0691. The highest BCUT2D eigenvalue weighted by molar-refractivity contribution is 9.10. The van der Waals surface area contributed by atoms with Crippen molar-refractivity contribution in [2.24, 2.45) is 0 Å². The summed E-state index contributed by atoms with van der Waals surface area (Å²) in [4.78, 5) is 11.0.